The van der Waals surface area contributed by atoms with Gasteiger partial charge in [-0.25, -0.2) is 9.37 Å². The van der Waals surface area contributed by atoms with Crippen molar-refractivity contribution in [1.82, 2.24) is 9.97 Å². The van der Waals surface area contributed by atoms with Crippen molar-refractivity contribution in [3.63, 3.8) is 0 Å². The molecule has 0 N–H and O–H groups in total. The van der Waals surface area contributed by atoms with Crippen molar-refractivity contribution in [3.05, 3.63) is 94.0 Å². The van der Waals surface area contributed by atoms with E-state index in [4.69, 9.17) is 0 Å². The Balaban J connectivity index is 1.74. The number of benzene rings is 2. The number of thiazole rings is 1. The lowest BCUT2D eigenvalue weighted by molar-refractivity contribution is -0.384. The summed E-state index contributed by atoms with van der Waals surface area (Å²) < 4.78 is 14.2. The number of nitrogens with zero attached hydrogens (tertiary/aromatic N) is 4. The third kappa shape index (κ3) is 3.94. The van der Waals surface area contributed by atoms with Crippen LogP contribution in [0.5, 0.6) is 0 Å². The molecule has 0 fully saturated rings. The second-order valence-corrected chi connectivity index (χ2v) is 7.17. The number of aromatic nitrogens is 2. The van der Waals surface area contributed by atoms with Crippen molar-refractivity contribution in [2.24, 2.45) is 0 Å². The van der Waals surface area contributed by atoms with Crippen molar-refractivity contribution < 1.29 is 14.1 Å². The molecule has 0 aliphatic heterocycles. The molecule has 0 saturated carbocycles. The molecule has 0 atom stereocenters. The van der Waals surface area contributed by atoms with E-state index in [9.17, 15) is 19.3 Å². The molecule has 2 aromatic heterocycles. The number of carbonyl (C=O) groups excluding carboxylic acids is 1. The van der Waals surface area contributed by atoms with E-state index < -0.39 is 4.92 Å². The minimum atomic E-state index is -0.524. The fourth-order valence-electron chi connectivity index (χ4n) is 2.78. The van der Waals surface area contributed by atoms with Crippen LogP contribution in [-0.2, 0) is 6.54 Å². The van der Waals surface area contributed by atoms with Crippen molar-refractivity contribution in [2.75, 3.05) is 4.90 Å². The van der Waals surface area contributed by atoms with E-state index in [1.54, 1.807) is 24.5 Å². The molecule has 0 radical (unpaired) electrons. The fourth-order valence-corrected chi connectivity index (χ4v) is 3.77. The first-order valence-corrected chi connectivity index (χ1v) is 9.34. The number of hydrogen-bond acceptors (Lipinski definition) is 6. The van der Waals surface area contributed by atoms with Crippen molar-refractivity contribution in [3.8, 4) is 0 Å². The van der Waals surface area contributed by atoms with Gasteiger partial charge in [0, 0.05) is 30.1 Å². The van der Waals surface area contributed by atoms with Gasteiger partial charge in [-0.3, -0.25) is 24.8 Å². The summed E-state index contributed by atoms with van der Waals surface area (Å²) in [6, 6.07) is 13.2. The van der Waals surface area contributed by atoms with E-state index >= 15 is 0 Å². The normalized spacial score (nSPS) is 10.8. The lowest BCUT2D eigenvalue weighted by atomic mass is 10.1. The minimum Gasteiger partial charge on any atom is -0.279 e. The largest absolute Gasteiger partial charge is 0.279 e. The van der Waals surface area contributed by atoms with Crippen LogP contribution in [0.15, 0.2) is 67.0 Å². The highest BCUT2D eigenvalue weighted by Gasteiger charge is 2.22. The lowest BCUT2D eigenvalue weighted by Crippen LogP contribution is -2.30. The number of non-ortho nitro benzene ring substituents is 1. The molecule has 2 heterocycles. The number of fused-ring (bicyclic) bond motifs is 1. The van der Waals surface area contributed by atoms with Crippen LogP contribution >= 0.6 is 11.3 Å². The number of amides is 1. The number of nitro benzene ring substituents is 1. The maximum atomic E-state index is 13.6. The third-order valence-electron chi connectivity index (χ3n) is 4.20. The molecule has 0 aliphatic carbocycles. The Morgan fingerprint density at radius 3 is 2.66 bits per heavy atom. The van der Waals surface area contributed by atoms with Crippen LogP contribution in [0.3, 0.4) is 0 Å². The Labute approximate surface area is 168 Å². The molecule has 0 spiro atoms. The first-order valence-electron chi connectivity index (χ1n) is 8.52. The van der Waals surface area contributed by atoms with E-state index in [0.29, 0.717) is 15.3 Å². The number of pyridine rings is 1. The predicted molar refractivity (Wildman–Crippen MR) is 107 cm³/mol. The molecule has 144 valence electrons. The molecule has 0 unspecified atom stereocenters. The Morgan fingerprint density at radius 2 is 1.97 bits per heavy atom. The molecule has 0 aliphatic rings. The van der Waals surface area contributed by atoms with Crippen LogP contribution in [0.2, 0.25) is 0 Å². The van der Waals surface area contributed by atoms with Crippen molar-refractivity contribution in [2.45, 2.75) is 6.54 Å². The molecular weight excluding hydrogens is 395 g/mol. The smallest absolute Gasteiger partial charge is 0.269 e. The zero-order valence-electron chi connectivity index (χ0n) is 14.9. The van der Waals surface area contributed by atoms with Gasteiger partial charge in [-0.2, -0.15) is 0 Å². The minimum absolute atomic E-state index is 0.101. The number of anilines is 1. The Morgan fingerprint density at radius 1 is 1.17 bits per heavy atom. The van der Waals surface area contributed by atoms with Crippen LogP contribution in [0, 0.1) is 15.9 Å². The van der Waals surface area contributed by atoms with Gasteiger partial charge in [-0.1, -0.05) is 17.4 Å². The van der Waals surface area contributed by atoms with Crippen LogP contribution in [0.25, 0.3) is 10.2 Å². The highest BCUT2D eigenvalue weighted by molar-refractivity contribution is 7.22. The highest BCUT2D eigenvalue weighted by atomic mass is 32.1. The van der Waals surface area contributed by atoms with Crippen LogP contribution in [0.4, 0.5) is 15.2 Å². The maximum Gasteiger partial charge on any atom is 0.269 e. The second-order valence-electron chi connectivity index (χ2n) is 6.17. The highest BCUT2D eigenvalue weighted by Crippen LogP contribution is 2.31. The van der Waals surface area contributed by atoms with Gasteiger partial charge in [-0.05, 0) is 42.0 Å². The number of rotatable bonds is 5. The molecule has 4 aromatic rings. The summed E-state index contributed by atoms with van der Waals surface area (Å²) in [4.78, 5) is 33.5. The number of nitro groups is 1. The summed E-state index contributed by atoms with van der Waals surface area (Å²) in [5.41, 5.74) is 1.55. The number of halogens is 1. The summed E-state index contributed by atoms with van der Waals surface area (Å²) in [7, 11) is 0. The van der Waals surface area contributed by atoms with Crippen LogP contribution in [-0.4, -0.2) is 20.8 Å². The summed E-state index contributed by atoms with van der Waals surface area (Å²) >= 11 is 1.20. The monoisotopic (exact) mass is 408 g/mol. The molecule has 4 rings (SSSR count). The standard InChI is InChI=1S/C20H13FN4O3S/c21-15-5-8-17-18(10-15)29-20(23-17)24(12-13-2-1-9-22-11-13)19(26)14-3-6-16(7-4-14)25(27)28/h1-11H,12H2. The number of carbonyl (C=O) groups is 1. The van der Waals surface area contributed by atoms with Gasteiger partial charge in [0.05, 0.1) is 21.7 Å². The zero-order chi connectivity index (χ0) is 20.4. The Kier molecular flexibility index (Phi) is 4.96. The molecule has 0 bridgehead atoms. The van der Waals surface area contributed by atoms with Gasteiger partial charge in [0.15, 0.2) is 5.13 Å². The van der Waals surface area contributed by atoms with Crippen LogP contribution in [0.1, 0.15) is 15.9 Å². The summed E-state index contributed by atoms with van der Waals surface area (Å²) in [6.07, 6.45) is 3.27. The van der Waals surface area contributed by atoms with Gasteiger partial charge in [0.25, 0.3) is 11.6 Å². The fraction of sp³-hybridized carbons (Fsp3) is 0.0500. The van der Waals surface area contributed by atoms with E-state index in [-0.39, 0.29) is 29.5 Å². The average molecular weight is 408 g/mol. The van der Waals surface area contributed by atoms with Gasteiger partial charge in [0.1, 0.15) is 5.82 Å². The number of hydrogen-bond donors (Lipinski definition) is 0. The van der Waals surface area contributed by atoms with E-state index in [1.165, 1.54) is 52.6 Å². The maximum absolute atomic E-state index is 13.6. The van der Waals surface area contributed by atoms with Gasteiger partial charge in [0.2, 0.25) is 0 Å². The summed E-state index contributed by atoms with van der Waals surface area (Å²) in [5, 5.41) is 11.3. The average Bonchev–Trinajstić information content (AvgIpc) is 3.15. The molecule has 2 aromatic carbocycles. The van der Waals surface area contributed by atoms with E-state index in [0.717, 1.165) is 5.56 Å². The van der Waals surface area contributed by atoms with Crippen LogP contribution < -0.4 is 4.90 Å². The van der Waals surface area contributed by atoms with Gasteiger partial charge < -0.3 is 0 Å². The molecule has 7 nitrogen and oxygen atoms in total. The van der Waals surface area contributed by atoms with Crippen molar-refractivity contribution in [1.29, 1.82) is 0 Å². The quantitative estimate of drug-likeness (QED) is 0.356. The molecule has 29 heavy (non-hydrogen) atoms. The Bertz CT molecular complexity index is 1200. The topological polar surface area (TPSA) is 89.2 Å². The molecule has 9 heteroatoms. The van der Waals surface area contributed by atoms with Crippen molar-refractivity contribution >= 4 is 38.3 Å². The van der Waals surface area contributed by atoms with E-state index in [2.05, 4.69) is 9.97 Å². The lowest BCUT2D eigenvalue weighted by Gasteiger charge is -2.20. The first-order chi connectivity index (χ1) is 14.0. The van der Waals surface area contributed by atoms with Gasteiger partial charge in [-0.15, -0.1) is 0 Å². The third-order valence-corrected chi connectivity index (χ3v) is 5.24. The summed E-state index contributed by atoms with van der Waals surface area (Å²) in [5.74, 6) is -0.753. The van der Waals surface area contributed by atoms with Gasteiger partial charge >= 0.3 is 0 Å². The summed E-state index contributed by atoms with van der Waals surface area (Å²) in [6.45, 7) is 0.200. The SMILES string of the molecule is O=C(c1ccc([N+](=O)[O-])cc1)N(Cc1cccnc1)c1nc2ccc(F)cc2s1. The predicted octanol–water partition coefficient (Wildman–Crippen LogP) is 4.59. The second kappa shape index (κ2) is 7.72. The zero-order valence-corrected chi connectivity index (χ0v) is 15.7. The first kappa shape index (κ1) is 18.6. The molecule has 1 amide bonds. The van der Waals surface area contributed by atoms with E-state index in [1.807, 2.05) is 6.07 Å². The molecular formula is C20H13FN4O3S. The Hall–Kier alpha value is -3.72. The molecule has 0 saturated heterocycles.